The van der Waals surface area contributed by atoms with Crippen molar-refractivity contribution in [3.8, 4) is 6.07 Å². The molecule has 0 radical (unpaired) electrons. The third-order valence-corrected chi connectivity index (χ3v) is 2.96. The lowest BCUT2D eigenvalue weighted by atomic mass is 10.1. The predicted molar refractivity (Wildman–Crippen MR) is 70.1 cm³/mol. The Morgan fingerprint density at radius 2 is 2.26 bits per heavy atom. The average Bonchev–Trinajstić information content (AvgIpc) is 2.82. The van der Waals surface area contributed by atoms with Crippen LogP contribution in [0.3, 0.4) is 0 Å². The quantitative estimate of drug-likeness (QED) is 0.839. The molecule has 98 valence electrons. The van der Waals surface area contributed by atoms with Crippen molar-refractivity contribution in [2.75, 3.05) is 13.6 Å². The average molecular weight is 257 g/mol. The van der Waals surface area contributed by atoms with Crippen molar-refractivity contribution in [1.82, 2.24) is 10.1 Å². The summed E-state index contributed by atoms with van der Waals surface area (Å²) in [5.41, 5.74) is 1.32. The van der Waals surface area contributed by atoms with Crippen molar-refractivity contribution in [3.05, 3.63) is 30.0 Å². The van der Waals surface area contributed by atoms with Gasteiger partial charge in [0, 0.05) is 19.0 Å². The molecule has 0 aliphatic heterocycles. The van der Waals surface area contributed by atoms with E-state index in [0.29, 0.717) is 17.8 Å². The van der Waals surface area contributed by atoms with Gasteiger partial charge in [0.25, 0.3) is 0 Å². The number of aromatic nitrogens is 1. The van der Waals surface area contributed by atoms with Gasteiger partial charge in [-0.3, -0.25) is 4.79 Å². The van der Waals surface area contributed by atoms with Crippen molar-refractivity contribution >= 4 is 16.9 Å². The molecule has 1 aromatic heterocycles. The van der Waals surface area contributed by atoms with Crippen LogP contribution in [0, 0.1) is 17.2 Å². The number of benzene rings is 1. The van der Waals surface area contributed by atoms with E-state index < -0.39 is 0 Å². The van der Waals surface area contributed by atoms with Gasteiger partial charge in [-0.1, -0.05) is 17.3 Å². The zero-order valence-electron chi connectivity index (χ0n) is 11.0. The predicted octanol–water partition coefficient (Wildman–Crippen LogP) is 1.99. The summed E-state index contributed by atoms with van der Waals surface area (Å²) in [6.07, 6.45) is 0.186. The molecular weight excluding hydrogens is 242 g/mol. The third-order valence-electron chi connectivity index (χ3n) is 2.96. The maximum atomic E-state index is 12.0. The lowest BCUT2D eigenvalue weighted by molar-refractivity contribution is -0.129. The zero-order valence-corrected chi connectivity index (χ0v) is 11.0. The molecule has 0 bridgehead atoms. The number of amides is 1. The van der Waals surface area contributed by atoms with E-state index in [-0.39, 0.29) is 18.2 Å². The Bertz CT molecular complexity index is 627. The smallest absolute Gasteiger partial charge is 0.228 e. The van der Waals surface area contributed by atoms with E-state index in [1.54, 1.807) is 18.9 Å². The van der Waals surface area contributed by atoms with Crippen molar-refractivity contribution in [3.63, 3.8) is 0 Å². The summed E-state index contributed by atoms with van der Waals surface area (Å²) in [4.78, 5) is 13.6. The van der Waals surface area contributed by atoms with E-state index in [1.807, 2.05) is 24.3 Å². The number of para-hydroxylation sites is 1. The van der Waals surface area contributed by atoms with Gasteiger partial charge in [-0.25, -0.2) is 0 Å². The SMILES string of the molecule is C[C@@H](C#N)CN(C)C(=O)Cc1noc2ccccc12. The van der Waals surface area contributed by atoms with Crippen LogP contribution in [0.4, 0.5) is 0 Å². The Hall–Kier alpha value is -2.35. The zero-order chi connectivity index (χ0) is 13.8. The first-order chi connectivity index (χ1) is 9.11. The van der Waals surface area contributed by atoms with Crippen LogP contribution in [-0.4, -0.2) is 29.6 Å². The number of carbonyl (C=O) groups is 1. The number of likely N-dealkylation sites (N-methyl/N-ethyl adjacent to an activating group) is 1. The summed E-state index contributed by atoms with van der Waals surface area (Å²) in [5.74, 6) is -0.246. The number of nitrogens with zero attached hydrogens (tertiary/aromatic N) is 3. The standard InChI is InChI=1S/C14H15N3O2/c1-10(8-15)9-17(2)14(18)7-12-11-5-3-4-6-13(11)19-16-12/h3-6,10H,7,9H2,1-2H3/t10-/m0/s1. The molecule has 1 aromatic carbocycles. The molecule has 0 saturated heterocycles. The summed E-state index contributed by atoms with van der Waals surface area (Å²) < 4.78 is 5.16. The summed E-state index contributed by atoms with van der Waals surface area (Å²) >= 11 is 0. The summed E-state index contributed by atoms with van der Waals surface area (Å²) in [6, 6.07) is 9.55. The molecule has 0 aliphatic carbocycles. The second-order valence-corrected chi connectivity index (χ2v) is 4.61. The lowest BCUT2D eigenvalue weighted by Crippen LogP contribution is -2.32. The maximum Gasteiger partial charge on any atom is 0.228 e. The first-order valence-electron chi connectivity index (χ1n) is 6.08. The summed E-state index contributed by atoms with van der Waals surface area (Å²) in [6.45, 7) is 2.21. The molecule has 1 heterocycles. The molecule has 5 heteroatoms. The molecule has 2 rings (SSSR count). The first kappa shape index (κ1) is 13.1. The second kappa shape index (κ2) is 5.53. The lowest BCUT2D eigenvalue weighted by Gasteiger charge is -2.17. The molecule has 2 aromatic rings. The largest absolute Gasteiger partial charge is 0.356 e. The molecule has 0 N–H and O–H groups in total. The fourth-order valence-corrected chi connectivity index (χ4v) is 1.90. The van der Waals surface area contributed by atoms with E-state index in [9.17, 15) is 4.79 Å². The van der Waals surface area contributed by atoms with Gasteiger partial charge in [-0.2, -0.15) is 5.26 Å². The fourth-order valence-electron chi connectivity index (χ4n) is 1.90. The van der Waals surface area contributed by atoms with Crippen molar-refractivity contribution in [2.24, 2.45) is 5.92 Å². The van der Waals surface area contributed by atoms with Crippen LogP contribution >= 0.6 is 0 Å². The van der Waals surface area contributed by atoms with E-state index in [0.717, 1.165) is 5.39 Å². The van der Waals surface area contributed by atoms with E-state index in [2.05, 4.69) is 11.2 Å². The highest BCUT2D eigenvalue weighted by Gasteiger charge is 2.16. The molecule has 1 amide bonds. The maximum absolute atomic E-state index is 12.0. The van der Waals surface area contributed by atoms with Crippen LogP contribution in [0.2, 0.25) is 0 Å². The van der Waals surface area contributed by atoms with Gasteiger partial charge in [-0.05, 0) is 19.1 Å². The number of fused-ring (bicyclic) bond motifs is 1. The molecule has 19 heavy (non-hydrogen) atoms. The Kier molecular flexibility index (Phi) is 3.81. The Balaban J connectivity index is 2.09. The minimum atomic E-state index is -0.178. The third kappa shape index (κ3) is 2.91. The molecule has 0 spiro atoms. The van der Waals surface area contributed by atoms with Crippen molar-refractivity contribution < 1.29 is 9.32 Å². The van der Waals surface area contributed by atoms with Gasteiger partial charge in [0.15, 0.2) is 5.58 Å². The van der Waals surface area contributed by atoms with Gasteiger partial charge >= 0.3 is 0 Å². The summed E-state index contributed by atoms with van der Waals surface area (Å²) in [5, 5.41) is 13.5. The Morgan fingerprint density at radius 3 is 3.00 bits per heavy atom. The molecule has 1 atom stereocenters. The molecule has 0 aliphatic rings. The number of carbonyl (C=O) groups excluding carboxylic acids is 1. The van der Waals surface area contributed by atoms with Gasteiger partial charge < -0.3 is 9.42 Å². The van der Waals surface area contributed by atoms with Crippen LogP contribution in [0.15, 0.2) is 28.8 Å². The number of nitriles is 1. The van der Waals surface area contributed by atoms with Crippen LogP contribution in [0.1, 0.15) is 12.6 Å². The Morgan fingerprint density at radius 1 is 1.53 bits per heavy atom. The number of hydrogen-bond donors (Lipinski definition) is 0. The first-order valence-corrected chi connectivity index (χ1v) is 6.08. The van der Waals surface area contributed by atoms with E-state index >= 15 is 0 Å². The molecule has 0 fully saturated rings. The molecule has 5 nitrogen and oxygen atoms in total. The normalized spacial score (nSPS) is 12.1. The minimum absolute atomic E-state index is 0.0684. The minimum Gasteiger partial charge on any atom is -0.356 e. The number of rotatable bonds is 4. The molecular formula is C14H15N3O2. The van der Waals surface area contributed by atoms with Crippen LogP contribution in [0.5, 0.6) is 0 Å². The number of hydrogen-bond acceptors (Lipinski definition) is 4. The molecule has 0 unspecified atom stereocenters. The highest BCUT2D eigenvalue weighted by atomic mass is 16.5. The van der Waals surface area contributed by atoms with Crippen LogP contribution in [0.25, 0.3) is 11.0 Å². The fraction of sp³-hybridized carbons (Fsp3) is 0.357. The van der Waals surface area contributed by atoms with Gasteiger partial charge in [0.1, 0.15) is 5.69 Å². The van der Waals surface area contributed by atoms with E-state index in [4.69, 9.17) is 9.78 Å². The topological polar surface area (TPSA) is 70.1 Å². The van der Waals surface area contributed by atoms with Crippen LogP contribution < -0.4 is 0 Å². The highest BCUT2D eigenvalue weighted by molar-refractivity contribution is 5.86. The monoisotopic (exact) mass is 257 g/mol. The Labute approximate surface area is 111 Å². The van der Waals surface area contributed by atoms with Gasteiger partial charge in [-0.15, -0.1) is 0 Å². The van der Waals surface area contributed by atoms with Crippen LogP contribution in [-0.2, 0) is 11.2 Å². The van der Waals surface area contributed by atoms with Crippen molar-refractivity contribution in [2.45, 2.75) is 13.3 Å². The summed E-state index contributed by atoms with van der Waals surface area (Å²) in [7, 11) is 1.69. The highest BCUT2D eigenvalue weighted by Crippen LogP contribution is 2.18. The second-order valence-electron chi connectivity index (χ2n) is 4.61. The molecule has 0 saturated carbocycles. The van der Waals surface area contributed by atoms with Crippen molar-refractivity contribution in [1.29, 1.82) is 5.26 Å². The van der Waals surface area contributed by atoms with Gasteiger partial charge in [0.05, 0.1) is 18.4 Å². The van der Waals surface area contributed by atoms with E-state index in [1.165, 1.54) is 0 Å². The van der Waals surface area contributed by atoms with Gasteiger partial charge in [0.2, 0.25) is 5.91 Å².